The highest BCUT2D eigenvalue weighted by Crippen LogP contribution is 2.50. The van der Waals surface area contributed by atoms with E-state index in [0.717, 1.165) is 42.4 Å². The van der Waals surface area contributed by atoms with Gasteiger partial charge >= 0.3 is 6.09 Å². The number of carbonyl (C=O) groups is 5. The largest absolute Gasteiger partial charge is 0.453 e. The van der Waals surface area contributed by atoms with Crippen LogP contribution in [0.3, 0.4) is 0 Å². The second-order valence-electron chi connectivity index (χ2n) is 19.3. The number of likely N-dealkylation sites (tertiary alicyclic amines) is 2. The molecular formula is C52H67N3O6. The molecule has 6 atom stereocenters. The molecule has 2 heterocycles. The van der Waals surface area contributed by atoms with Crippen molar-refractivity contribution >= 4 is 35.0 Å². The van der Waals surface area contributed by atoms with Crippen molar-refractivity contribution in [2.75, 3.05) is 20.2 Å². The van der Waals surface area contributed by atoms with Gasteiger partial charge in [-0.3, -0.25) is 19.2 Å². The lowest BCUT2D eigenvalue weighted by atomic mass is 9.77. The molecule has 2 aliphatic heterocycles. The van der Waals surface area contributed by atoms with Crippen LogP contribution in [0.15, 0.2) is 78.9 Å². The third-order valence-electron chi connectivity index (χ3n) is 13.5. The number of benzene rings is 3. The number of Topliss-reactive ketones (excluding diaryl/α,β-unsaturated/α-hetero) is 2. The summed E-state index contributed by atoms with van der Waals surface area (Å²) in [7, 11) is 1.27. The highest BCUT2D eigenvalue weighted by atomic mass is 16.5. The fourth-order valence-electron chi connectivity index (χ4n) is 9.45. The van der Waals surface area contributed by atoms with Crippen molar-refractivity contribution < 1.29 is 28.7 Å². The number of hydrogen-bond acceptors (Lipinski definition) is 6. The van der Waals surface area contributed by atoms with Crippen LogP contribution in [0.25, 0.3) is 5.57 Å². The number of methoxy groups -OCH3 is 1. The van der Waals surface area contributed by atoms with E-state index in [0.29, 0.717) is 25.9 Å². The molecule has 0 radical (unpaired) electrons. The monoisotopic (exact) mass is 830 g/mol. The van der Waals surface area contributed by atoms with E-state index in [1.54, 1.807) is 4.90 Å². The van der Waals surface area contributed by atoms with Crippen molar-refractivity contribution in [3.63, 3.8) is 0 Å². The Morgan fingerprint density at radius 1 is 0.689 bits per heavy atom. The zero-order valence-electron chi connectivity index (χ0n) is 37.8. The van der Waals surface area contributed by atoms with E-state index in [-0.39, 0.29) is 70.8 Å². The topological polar surface area (TPSA) is 113 Å². The molecule has 0 bridgehead atoms. The zero-order valence-corrected chi connectivity index (χ0v) is 37.8. The Kier molecular flexibility index (Phi) is 14.4. The standard InChI is InChI=1S/C52H67N3O6/c1-32(2)34(5)49(58)54-28-10-12-43(54)45(56)30-35-14-18-37(19-15-35)41-26-27-42(47(41)39-22-24-40(25-23-39)52(6,7)8)38-20-16-36(17-21-38)31-46(57)44-13-11-29-55(44)50(59)48(33(3)4)53-51(60)61-9/h14-25,27,32-34,41,43-44,47-48H,10-13,26,28-31H2,1-9H3,(H,53,60)/t34-,41?,43?,44?,47?,48-/m0/s1. The Morgan fingerprint density at radius 2 is 1.20 bits per heavy atom. The predicted molar refractivity (Wildman–Crippen MR) is 241 cm³/mol. The molecule has 2 saturated heterocycles. The van der Waals surface area contributed by atoms with Gasteiger partial charge in [0.2, 0.25) is 11.8 Å². The van der Waals surface area contributed by atoms with E-state index >= 15 is 0 Å². The Hall–Kier alpha value is -5.05. The summed E-state index contributed by atoms with van der Waals surface area (Å²) < 4.78 is 4.76. The molecule has 6 rings (SSSR count). The second kappa shape index (κ2) is 19.3. The number of carbonyl (C=O) groups excluding carboxylic acids is 5. The number of hydrogen-bond donors (Lipinski definition) is 1. The van der Waals surface area contributed by atoms with E-state index in [2.05, 4.69) is 107 Å². The molecule has 326 valence electrons. The lowest BCUT2D eigenvalue weighted by Crippen LogP contribution is -2.53. The molecule has 9 nitrogen and oxygen atoms in total. The summed E-state index contributed by atoms with van der Waals surface area (Å²) in [5, 5.41) is 2.66. The number of allylic oxidation sites excluding steroid dienone is 2. The predicted octanol–water partition coefficient (Wildman–Crippen LogP) is 9.22. The fraction of sp³-hybridized carbons (Fsp3) is 0.519. The quantitative estimate of drug-likeness (QED) is 0.174. The Morgan fingerprint density at radius 3 is 1.69 bits per heavy atom. The Labute approximate surface area is 363 Å². The van der Waals surface area contributed by atoms with Gasteiger partial charge in [-0.25, -0.2) is 4.79 Å². The zero-order chi connectivity index (χ0) is 44.2. The van der Waals surface area contributed by atoms with Crippen LogP contribution in [0.1, 0.15) is 133 Å². The van der Waals surface area contributed by atoms with Crippen LogP contribution >= 0.6 is 0 Å². The van der Waals surface area contributed by atoms with E-state index < -0.39 is 18.2 Å². The highest BCUT2D eigenvalue weighted by Gasteiger charge is 2.40. The van der Waals surface area contributed by atoms with Gasteiger partial charge < -0.3 is 19.9 Å². The molecular weight excluding hydrogens is 763 g/mol. The fourth-order valence-corrected chi connectivity index (χ4v) is 9.45. The van der Waals surface area contributed by atoms with Gasteiger partial charge in [0.25, 0.3) is 0 Å². The van der Waals surface area contributed by atoms with Crippen molar-refractivity contribution in [2.24, 2.45) is 17.8 Å². The highest BCUT2D eigenvalue weighted by molar-refractivity contribution is 5.94. The van der Waals surface area contributed by atoms with Crippen molar-refractivity contribution in [2.45, 2.75) is 136 Å². The molecule has 9 heteroatoms. The third kappa shape index (κ3) is 10.4. The molecule has 3 aromatic carbocycles. The SMILES string of the molecule is COC(=O)N[C@H](C(=O)N1CCCC1C(=O)Cc1ccc(C2=CCC(c3ccc(CC(=O)C4CCCN4C(=O)[C@@H](C)C(C)C)cc3)C2c2ccc(C(C)(C)C)cc2)cc1)C(C)C. The van der Waals surface area contributed by atoms with Crippen LogP contribution in [-0.2, 0) is 42.2 Å². The summed E-state index contributed by atoms with van der Waals surface area (Å²) in [5.41, 5.74) is 7.99. The first kappa shape index (κ1) is 45.5. The summed E-state index contributed by atoms with van der Waals surface area (Å²) in [6.07, 6.45) is 6.00. The molecule has 61 heavy (non-hydrogen) atoms. The van der Waals surface area contributed by atoms with E-state index in [1.807, 2.05) is 37.8 Å². The summed E-state index contributed by atoms with van der Waals surface area (Å²) in [5.74, 6) is 0.198. The molecule has 3 aliphatic rings. The minimum Gasteiger partial charge on any atom is -0.453 e. The van der Waals surface area contributed by atoms with Gasteiger partial charge in [-0.05, 0) is 94.2 Å². The van der Waals surface area contributed by atoms with Gasteiger partial charge in [0.15, 0.2) is 11.6 Å². The van der Waals surface area contributed by atoms with Crippen LogP contribution in [0, 0.1) is 17.8 Å². The number of alkyl carbamates (subject to hydrolysis) is 1. The average molecular weight is 830 g/mol. The number of rotatable bonds is 14. The van der Waals surface area contributed by atoms with E-state index in [9.17, 15) is 24.0 Å². The number of amides is 3. The molecule has 4 unspecified atom stereocenters. The van der Waals surface area contributed by atoms with Gasteiger partial charge in [0, 0.05) is 37.8 Å². The third-order valence-corrected chi connectivity index (χ3v) is 13.5. The molecule has 3 amide bonds. The number of ketones is 2. The minimum absolute atomic E-state index is 0.00364. The first-order chi connectivity index (χ1) is 29.0. The van der Waals surface area contributed by atoms with Crippen molar-refractivity contribution in [3.8, 4) is 0 Å². The van der Waals surface area contributed by atoms with E-state index in [1.165, 1.54) is 29.4 Å². The maximum absolute atomic E-state index is 13.8. The Balaban J connectivity index is 1.18. The summed E-state index contributed by atoms with van der Waals surface area (Å²) in [6.45, 7) is 17.6. The smallest absolute Gasteiger partial charge is 0.407 e. The maximum Gasteiger partial charge on any atom is 0.407 e. The molecule has 1 aliphatic carbocycles. The maximum atomic E-state index is 13.8. The van der Waals surface area contributed by atoms with Crippen LogP contribution in [0.5, 0.6) is 0 Å². The number of ether oxygens (including phenoxy) is 1. The number of nitrogens with zero attached hydrogens (tertiary/aromatic N) is 2. The van der Waals surface area contributed by atoms with Crippen molar-refractivity contribution in [1.82, 2.24) is 15.1 Å². The van der Waals surface area contributed by atoms with Crippen LogP contribution in [0.4, 0.5) is 4.79 Å². The second-order valence-corrected chi connectivity index (χ2v) is 19.3. The Bertz CT molecular complexity index is 2080. The summed E-state index contributed by atoms with van der Waals surface area (Å²) in [4.78, 5) is 69.7. The molecule has 1 N–H and O–H groups in total. The lowest BCUT2D eigenvalue weighted by molar-refractivity contribution is -0.141. The molecule has 0 aromatic heterocycles. The van der Waals surface area contributed by atoms with E-state index in [4.69, 9.17) is 4.74 Å². The van der Waals surface area contributed by atoms with Crippen molar-refractivity contribution in [1.29, 1.82) is 0 Å². The summed E-state index contributed by atoms with van der Waals surface area (Å²) in [6, 6.07) is 24.2. The van der Waals surface area contributed by atoms with Gasteiger partial charge in [0.05, 0.1) is 19.2 Å². The van der Waals surface area contributed by atoms with Gasteiger partial charge in [-0.1, -0.05) is 134 Å². The first-order valence-electron chi connectivity index (χ1n) is 22.5. The summed E-state index contributed by atoms with van der Waals surface area (Å²) >= 11 is 0. The molecule has 0 saturated carbocycles. The normalized spacial score (nSPS) is 21.4. The van der Waals surface area contributed by atoms with Crippen LogP contribution in [-0.4, -0.2) is 77.6 Å². The minimum atomic E-state index is -0.770. The van der Waals surface area contributed by atoms with Crippen molar-refractivity contribution in [3.05, 3.63) is 112 Å². The number of nitrogens with one attached hydrogen (secondary N) is 1. The van der Waals surface area contributed by atoms with Gasteiger partial charge in [0.1, 0.15) is 6.04 Å². The van der Waals surface area contributed by atoms with Gasteiger partial charge in [-0.2, -0.15) is 0 Å². The molecule has 0 spiro atoms. The average Bonchev–Trinajstić information content (AvgIpc) is 4.03. The molecule has 3 aromatic rings. The molecule has 2 fully saturated rings. The van der Waals surface area contributed by atoms with Crippen LogP contribution in [0.2, 0.25) is 0 Å². The van der Waals surface area contributed by atoms with Gasteiger partial charge in [-0.15, -0.1) is 0 Å². The van der Waals surface area contributed by atoms with Crippen LogP contribution < -0.4 is 5.32 Å². The lowest BCUT2D eigenvalue weighted by Gasteiger charge is -2.30. The first-order valence-corrected chi connectivity index (χ1v) is 22.5.